The van der Waals surface area contributed by atoms with E-state index in [1.165, 1.54) is 0 Å². The van der Waals surface area contributed by atoms with E-state index in [4.69, 9.17) is 5.41 Å². The molecule has 62 valence electrons. The second kappa shape index (κ2) is 2.81. The van der Waals surface area contributed by atoms with Crippen molar-refractivity contribution in [2.24, 2.45) is 0 Å². The third kappa shape index (κ3) is 2.48. The van der Waals surface area contributed by atoms with Crippen LogP contribution in [0.3, 0.4) is 0 Å². The standard InChI is InChI=1S/C5H4F3NO2/c1-2(10)3(9)4(11)5(6,7)8/h9H,1H3. The van der Waals surface area contributed by atoms with Crippen LogP contribution in [0.5, 0.6) is 0 Å². The highest BCUT2D eigenvalue weighted by Crippen LogP contribution is 2.16. The van der Waals surface area contributed by atoms with Crippen molar-refractivity contribution in [2.75, 3.05) is 0 Å². The van der Waals surface area contributed by atoms with E-state index >= 15 is 0 Å². The molecule has 0 heterocycles. The molecule has 0 amide bonds. The predicted octanol–water partition coefficient (Wildman–Crippen LogP) is 0.727. The van der Waals surface area contributed by atoms with Crippen LogP contribution in [0.4, 0.5) is 13.2 Å². The molecular weight excluding hydrogens is 163 g/mol. The van der Waals surface area contributed by atoms with Crippen LogP contribution >= 0.6 is 0 Å². The first-order valence-corrected chi connectivity index (χ1v) is 2.48. The van der Waals surface area contributed by atoms with Crippen LogP contribution < -0.4 is 0 Å². The van der Waals surface area contributed by atoms with E-state index in [0.717, 1.165) is 6.92 Å². The molecule has 0 aromatic heterocycles. The van der Waals surface area contributed by atoms with Gasteiger partial charge in [0.05, 0.1) is 0 Å². The molecule has 0 rings (SSSR count). The molecule has 0 fully saturated rings. The molecule has 0 aromatic rings. The molecule has 0 atom stereocenters. The van der Waals surface area contributed by atoms with Gasteiger partial charge < -0.3 is 0 Å². The van der Waals surface area contributed by atoms with Crippen LogP contribution in [0.15, 0.2) is 0 Å². The molecule has 0 radical (unpaired) electrons. The van der Waals surface area contributed by atoms with Gasteiger partial charge in [-0.2, -0.15) is 13.2 Å². The van der Waals surface area contributed by atoms with Gasteiger partial charge in [-0.05, 0) is 0 Å². The number of rotatable bonds is 2. The lowest BCUT2D eigenvalue weighted by Crippen LogP contribution is -2.33. The third-order valence-electron chi connectivity index (χ3n) is 0.837. The summed E-state index contributed by atoms with van der Waals surface area (Å²) in [6, 6.07) is 0. The van der Waals surface area contributed by atoms with Gasteiger partial charge in [-0.15, -0.1) is 0 Å². The number of hydrogen-bond donors (Lipinski definition) is 1. The Kier molecular flexibility index (Phi) is 2.50. The fraction of sp³-hybridized carbons (Fsp3) is 0.400. The summed E-state index contributed by atoms with van der Waals surface area (Å²) in [7, 11) is 0. The maximum atomic E-state index is 11.4. The van der Waals surface area contributed by atoms with Gasteiger partial charge in [-0.3, -0.25) is 15.0 Å². The van der Waals surface area contributed by atoms with Crippen LogP contribution in [0, 0.1) is 5.41 Å². The molecule has 0 aromatic carbocycles. The summed E-state index contributed by atoms with van der Waals surface area (Å²) in [6.07, 6.45) is -5.12. The van der Waals surface area contributed by atoms with Gasteiger partial charge >= 0.3 is 6.18 Å². The Morgan fingerprint density at radius 1 is 1.27 bits per heavy atom. The van der Waals surface area contributed by atoms with Crippen LogP contribution in [0.2, 0.25) is 0 Å². The van der Waals surface area contributed by atoms with Crippen molar-refractivity contribution in [2.45, 2.75) is 13.1 Å². The van der Waals surface area contributed by atoms with Crippen molar-refractivity contribution in [1.29, 1.82) is 5.41 Å². The number of carbonyl (C=O) groups excluding carboxylic acids is 2. The van der Waals surface area contributed by atoms with Gasteiger partial charge in [0.25, 0.3) is 5.78 Å². The van der Waals surface area contributed by atoms with E-state index in [1.807, 2.05) is 0 Å². The lowest BCUT2D eigenvalue weighted by Gasteiger charge is -2.02. The minimum Gasteiger partial charge on any atom is -0.294 e. The Morgan fingerprint density at radius 2 is 1.64 bits per heavy atom. The fourth-order valence-corrected chi connectivity index (χ4v) is 0.302. The van der Waals surface area contributed by atoms with Crippen molar-refractivity contribution in [3.8, 4) is 0 Å². The number of halogens is 3. The molecule has 6 heteroatoms. The van der Waals surface area contributed by atoms with E-state index in [0.29, 0.717) is 0 Å². The highest BCUT2D eigenvalue weighted by molar-refractivity contribution is 6.65. The molecule has 0 bridgehead atoms. The molecule has 0 saturated carbocycles. The summed E-state index contributed by atoms with van der Waals surface area (Å²) < 4.78 is 34.3. The van der Waals surface area contributed by atoms with E-state index in [9.17, 15) is 22.8 Å². The average Bonchev–Trinajstić information content (AvgIpc) is 1.82. The van der Waals surface area contributed by atoms with E-state index in [1.54, 1.807) is 0 Å². The van der Waals surface area contributed by atoms with Crippen LogP contribution in [-0.4, -0.2) is 23.5 Å². The van der Waals surface area contributed by atoms with Gasteiger partial charge in [-0.1, -0.05) is 0 Å². The summed E-state index contributed by atoms with van der Waals surface area (Å²) in [4.78, 5) is 20.1. The Morgan fingerprint density at radius 3 is 1.73 bits per heavy atom. The van der Waals surface area contributed by atoms with Gasteiger partial charge in [-0.25, -0.2) is 0 Å². The second-order valence-corrected chi connectivity index (χ2v) is 1.76. The summed E-state index contributed by atoms with van der Waals surface area (Å²) >= 11 is 0. The van der Waals surface area contributed by atoms with E-state index in [2.05, 4.69) is 0 Å². The van der Waals surface area contributed by atoms with Crippen molar-refractivity contribution in [3.05, 3.63) is 0 Å². The topological polar surface area (TPSA) is 58.0 Å². The number of carbonyl (C=O) groups is 2. The van der Waals surface area contributed by atoms with Crippen LogP contribution in [-0.2, 0) is 9.59 Å². The van der Waals surface area contributed by atoms with Gasteiger partial charge in [0.2, 0.25) is 0 Å². The monoisotopic (exact) mass is 167 g/mol. The number of alkyl halides is 3. The molecule has 0 spiro atoms. The molecular formula is C5H4F3NO2. The summed E-state index contributed by atoms with van der Waals surface area (Å²) in [5.41, 5.74) is -1.53. The molecule has 0 aliphatic rings. The smallest absolute Gasteiger partial charge is 0.294 e. The van der Waals surface area contributed by atoms with Gasteiger partial charge in [0.15, 0.2) is 5.78 Å². The number of ketones is 2. The lowest BCUT2D eigenvalue weighted by atomic mass is 10.2. The van der Waals surface area contributed by atoms with Crippen LogP contribution in [0.1, 0.15) is 6.92 Å². The summed E-state index contributed by atoms with van der Waals surface area (Å²) in [5.74, 6) is -3.59. The number of nitrogens with one attached hydrogen (secondary N) is 1. The zero-order valence-corrected chi connectivity index (χ0v) is 5.45. The molecule has 11 heavy (non-hydrogen) atoms. The molecule has 3 nitrogen and oxygen atoms in total. The van der Waals surface area contributed by atoms with Crippen molar-refractivity contribution in [3.63, 3.8) is 0 Å². The minimum atomic E-state index is -5.12. The maximum absolute atomic E-state index is 11.4. The van der Waals surface area contributed by atoms with E-state index in [-0.39, 0.29) is 0 Å². The Labute approximate surface area is 59.7 Å². The molecule has 0 aliphatic heterocycles. The quantitative estimate of drug-likeness (QED) is 0.486. The Bertz CT molecular complexity index is 218. The fourth-order valence-electron chi connectivity index (χ4n) is 0.302. The molecule has 1 N–H and O–H groups in total. The normalized spacial score (nSPS) is 10.9. The summed E-state index contributed by atoms with van der Waals surface area (Å²) in [5, 5.41) is 6.39. The van der Waals surface area contributed by atoms with Crippen molar-refractivity contribution < 1.29 is 22.8 Å². The van der Waals surface area contributed by atoms with E-state index < -0.39 is 23.5 Å². The van der Waals surface area contributed by atoms with Crippen molar-refractivity contribution in [1.82, 2.24) is 0 Å². The zero-order chi connectivity index (χ0) is 9.23. The van der Waals surface area contributed by atoms with Crippen LogP contribution in [0.25, 0.3) is 0 Å². The number of hydrogen-bond acceptors (Lipinski definition) is 3. The first-order valence-electron chi connectivity index (χ1n) is 2.48. The first kappa shape index (κ1) is 9.80. The third-order valence-corrected chi connectivity index (χ3v) is 0.837. The average molecular weight is 167 g/mol. The predicted molar refractivity (Wildman–Crippen MR) is 29.5 cm³/mol. The van der Waals surface area contributed by atoms with Crippen molar-refractivity contribution >= 4 is 17.3 Å². The molecule has 0 aliphatic carbocycles. The lowest BCUT2D eigenvalue weighted by molar-refractivity contribution is -0.163. The Balaban J connectivity index is 4.53. The molecule has 0 saturated heterocycles. The van der Waals surface area contributed by atoms with Gasteiger partial charge in [0, 0.05) is 6.92 Å². The minimum absolute atomic E-state index is 0.728. The highest BCUT2D eigenvalue weighted by Gasteiger charge is 2.42. The SMILES string of the molecule is CC(=O)C(=N)C(=O)C(F)(F)F. The zero-order valence-electron chi connectivity index (χ0n) is 5.45. The highest BCUT2D eigenvalue weighted by atomic mass is 19.4. The van der Waals surface area contributed by atoms with Gasteiger partial charge in [0.1, 0.15) is 5.71 Å². The maximum Gasteiger partial charge on any atom is 0.456 e. The largest absolute Gasteiger partial charge is 0.456 e. The summed E-state index contributed by atoms with van der Waals surface area (Å²) in [6.45, 7) is 0.728. The second-order valence-electron chi connectivity index (χ2n) is 1.76. The number of Topliss-reactive ketones (excluding diaryl/α,β-unsaturated/α-hetero) is 2. The first-order chi connectivity index (χ1) is 4.76. The Hall–Kier alpha value is -1.20. The molecule has 0 unspecified atom stereocenters.